The number of hydrogen-bond donors (Lipinski definition) is 1. The number of carbonyl (C=O) groups is 2. The summed E-state index contributed by atoms with van der Waals surface area (Å²) in [5, 5.41) is 2.93. The Balaban J connectivity index is 1.89. The van der Waals surface area contributed by atoms with Crippen molar-refractivity contribution in [3.05, 3.63) is 71.3 Å². The van der Waals surface area contributed by atoms with Gasteiger partial charge in [-0.3, -0.25) is 4.79 Å². The first-order chi connectivity index (χ1) is 11.6. The molecule has 1 amide bonds. The summed E-state index contributed by atoms with van der Waals surface area (Å²) in [4.78, 5) is 24.0. The van der Waals surface area contributed by atoms with E-state index in [4.69, 9.17) is 4.74 Å². The summed E-state index contributed by atoms with van der Waals surface area (Å²) < 4.78 is 5.09. The number of amides is 1. The average molecular weight is 325 g/mol. The first kappa shape index (κ1) is 17.7. The van der Waals surface area contributed by atoms with Crippen LogP contribution < -0.4 is 5.32 Å². The van der Waals surface area contributed by atoms with E-state index < -0.39 is 5.97 Å². The highest BCUT2D eigenvalue weighted by atomic mass is 16.5. The number of ether oxygens (including phenoxy) is 1. The number of carbonyl (C=O) groups excluding carboxylic acids is 2. The van der Waals surface area contributed by atoms with Gasteiger partial charge >= 0.3 is 5.97 Å². The molecule has 0 spiro atoms. The molecule has 1 atom stereocenters. The van der Waals surface area contributed by atoms with Crippen LogP contribution >= 0.6 is 0 Å². The fourth-order valence-electron chi connectivity index (χ4n) is 2.44. The molecule has 2 rings (SSSR count). The first-order valence-electron chi connectivity index (χ1n) is 8.18. The van der Waals surface area contributed by atoms with Crippen molar-refractivity contribution in [3.63, 3.8) is 0 Å². The van der Waals surface area contributed by atoms with Gasteiger partial charge in [-0.2, -0.15) is 0 Å². The molecule has 0 fully saturated rings. The standard InChI is InChI=1S/C20H23NO3/c1-3-7-18(16-8-5-4-6-9-16)21-19(22)14-24-20(23)17-12-10-15(2)11-13-17/h4-6,8-13,18H,3,7,14H2,1-2H3,(H,21,22)/t18-/m0/s1. The van der Waals surface area contributed by atoms with Gasteiger partial charge in [0.15, 0.2) is 6.61 Å². The largest absolute Gasteiger partial charge is 0.452 e. The number of rotatable bonds is 7. The minimum atomic E-state index is -0.489. The third kappa shape index (κ3) is 5.23. The Hall–Kier alpha value is -2.62. The molecule has 4 heteroatoms. The summed E-state index contributed by atoms with van der Waals surface area (Å²) >= 11 is 0. The van der Waals surface area contributed by atoms with Gasteiger partial charge in [-0.05, 0) is 31.0 Å². The number of esters is 1. The normalized spacial score (nSPS) is 11.6. The molecular formula is C20H23NO3. The second kappa shape index (κ2) is 8.87. The van der Waals surface area contributed by atoms with Gasteiger partial charge < -0.3 is 10.1 Å². The van der Waals surface area contributed by atoms with Crippen LogP contribution in [0.3, 0.4) is 0 Å². The molecule has 0 aliphatic heterocycles. The van der Waals surface area contributed by atoms with Gasteiger partial charge in [0.05, 0.1) is 11.6 Å². The van der Waals surface area contributed by atoms with Crippen LogP contribution in [0.1, 0.15) is 47.3 Å². The van der Waals surface area contributed by atoms with Crippen molar-refractivity contribution in [2.24, 2.45) is 0 Å². The van der Waals surface area contributed by atoms with Crippen molar-refractivity contribution in [1.82, 2.24) is 5.32 Å². The highest BCUT2D eigenvalue weighted by Gasteiger charge is 2.15. The van der Waals surface area contributed by atoms with Gasteiger partial charge in [0.1, 0.15) is 0 Å². The van der Waals surface area contributed by atoms with Crippen LogP contribution in [0.4, 0.5) is 0 Å². The zero-order chi connectivity index (χ0) is 17.4. The summed E-state index contributed by atoms with van der Waals surface area (Å²) in [6.07, 6.45) is 1.78. The number of aryl methyl sites for hydroxylation is 1. The molecule has 2 aromatic rings. The molecule has 24 heavy (non-hydrogen) atoms. The molecular weight excluding hydrogens is 302 g/mol. The predicted molar refractivity (Wildman–Crippen MR) is 93.7 cm³/mol. The number of benzene rings is 2. The lowest BCUT2D eigenvalue weighted by atomic mass is 10.0. The third-order valence-electron chi connectivity index (χ3n) is 3.74. The van der Waals surface area contributed by atoms with Crippen LogP contribution in [0.2, 0.25) is 0 Å². The van der Waals surface area contributed by atoms with E-state index >= 15 is 0 Å². The fraction of sp³-hybridized carbons (Fsp3) is 0.300. The van der Waals surface area contributed by atoms with Gasteiger partial charge in [-0.1, -0.05) is 61.4 Å². The Morgan fingerprint density at radius 3 is 2.33 bits per heavy atom. The summed E-state index contributed by atoms with van der Waals surface area (Å²) in [6.45, 7) is 3.74. The first-order valence-corrected chi connectivity index (χ1v) is 8.18. The minimum Gasteiger partial charge on any atom is -0.452 e. The van der Waals surface area contributed by atoms with Crippen molar-refractivity contribution in [1.29, 1.82) is 0 Å². The maximum atomic E-state index is 12.1. The van der Waals surface area contributed by atoms with Crippen molar-refractivity contribution < 1.29 is 14.3 Å². The molecule has 126 valence electrons. The highest BCUT2D eigenvalue weighted by molar-refractivity contribution is 5.91. The van der Waals surface area contributed by atoms with E-state index in [9.17, 15) is 9.59 Å². The van der Waals surface area contributed by atoms with Gasteiger partial charge in [0, 0.05) is 0 Å². The molecule has 0 bridgehead atoms. The highest BCUT2D eigenvalue weighted by Crippen LogP contribution is 2.17. The smallest absolute Gasteiger partial charge is 0.338 e. The van der Waals surface area contributed by atoms with Crippen LogP contribution in [-0.2, 0) is 9.53 Å². The molecule has 0 radical (unpaired) electrons. The molecule has 0 saturated heterocycles. The molecule has 4 nitrogen and oxygen atoms in total. The molecule has 0 aliphatic rings. The van der Waals surface area contributed by atoms with Gasteiger partial charge in [0.2, 0.25) is 0 Å². The molecule has 0 aromatic heterocycles. The zero-order valence-corrected chi connectivity index (χ0v) is 14.1. The van der Waals surface area contributed by atoms with Crippen molar-refractivity contribution in [3.8, 4) is 0 Å². The molecule has 0 unspecified atom stereocenters. The second-order valence-electron chi connectivity index (χ2n) is 5.76. The van der Waals surface area contributed by atoms with Crippen LogP contribution in [0.15, 0.2) is 54.6 Å². The maximum Gasteiger partial charge on any atom is 0.338 e. The SMILES string of the molecule is CCC[C@H](NC(=O)COC(=O)c1ccc(C)cc1)c1ccccc1. The average Bonchev–Trinajstić information content (AvgIpc) is 2.60. The second-order valence-corrected chi connectivity index (χ2v) is 5.76. The fourth-order valence-corrected chi connectivity index (χ4v) is 2.44. The van der Waals surface area contributed by atoms with Gasteiger partial charge in [-0.15, -0.1) is 0 Å². The van der Waals surface area contributed by atoms with Crippen molar-refractivity contribution in [2.75, 3.05) is 6.61 Å². The lowest BCUT2D eigenvalue weighted by Crippen LogP contribution is -2.32. The quantitative estimate of drug-likeness (QED) is 0.788. The van der Waals surface area contributed by atoms with Crippen LogP contribution in [0.5, 0.6) is 0 Å². The van der Waals surface area contributed by atoms with Crippen LogP contribution in [0.25, 0.3) is 0 Å². The van der Waals surface area contributed by atoms with Crippen LogP contribution in [-0.4, -0.2) is 18.5 Å². The summed E-state index contributed by atoms with van der Waals surface area (Å²) in [7, 11) is 0. The molecule has 0 saturated carbocycles. The predicted octanol–water partition coefficient (Wildman–Crippen LogP) is 3.81. The maximum absolute atomic E-state index is 12.1. The zero-order valence-electron chi connectivity index (χ0n) is 14.1. The topological polar surface area (TPSA) is 55.4 Å². The van der Waals surface area contributed by atoms with E-state index in [1.807, 2.05) is 49.4 Å². The van der Waals surface area contributed by atoms with E-state index in [1.165, 1.54) is 0 Å². The van der Waals surface area contributed by atoms with Crippen molar-refractivity contribution in [2.45, 2.75) is 32.7 Å². The lowest BCUT2D eigenvalue weighted by Gasteiger charge is -2.18. The molecule has 2 aromatic carbocycles. The minimum absolute atomic E-state index is 0.0678. The summed E-state index contributed by atoms with van der Waals surface area (Å²) in [5.74, 6) is -0.783. The Kier molecular flexibility index (Phi) is 6.55. The molecule has 0 heterocycles. The van der Waals surface area contributed by atoms with Crippen molar-refractivity contribution >= 4 is 11.9 Å². The van der Waals surface area contributed by atoms with E-state index in [2.05, 4.69) is 12.2 Å². The number of hydrogen-bond acceptors (Lipinski definition) is 3. The van der Waals surface area contributed by atoms with E-state index in [1.54, 1.807) is 12.1 Å². The van der Waals surface area contributed by atoms with E-state index in [0.29, 0.717) is 5.56 Å². The molecule has 1 N–H and O–H groups in total. The summed E-state index contributed by atoms with van der Waals surface area (Å²) in [6, 6.07) is 16.8. The van der Waals surface area contributed by atoms with Gasteiger partial charge in [-0.25, -0.2) is 4.79 Å². The summed E-state index contributed by atoms with van der Waals surface area (Å²) in [5.41, 5.74) is 2.56. The van der Waals surface area contributed by atoms with E-state index in [0.717, 1.165) is 24.0 Å². The van der Waals surface area contributed by atoms with Crippen LogP contribution in [0, 0.1) is 6.92 Å². The Morgan fingerprint density at radius 1 is 1.04 bits per heavy atom. The Labute approximate surface area is 142 Å². The molecule has 0 aliphatic carbocycles. The lowest BCUT2D eigenvalue weighted by molar-refractivity contribution is -0.125. The Bertz CT molecular complexity index is 665. The Morgan fingerprint density at radius 2 is 1.71 bits per heavy atom. The van der Waals surface area contributed by atoms with E-state index in [-0.39, 0.29) is 18.6 Å². The van der Waals surface area contributed by atoms with Gasteiger partial charge in [0.25, 0.3) is 5.91 Å². The monoisotopic (exact) mass is 325 g/mol. The number of nitrogens with one attached hydrogen (secondary N) is 1. The third-order valence-corrected chi connectivity index (χ3v) is 3.74.